The van der Waals surface area contributed by atoms with E-state index >= 15 is 0 Å². The highest BCUT2D eigenvalue weighted by Crippen LogP contribution is 2.07. The molecule has 0 aliphatic heterocycles. The van der Waals surface area contributed by atoms with Crippen molar-refractivity contribution in [2.24, 2.45) is 0 Å². The average molecular weight is 268 g/mol. The molecule has 3 rings (SSSR count). The zero-order valence-electron chi connectivity index (χ0n) is 11.1. The van der Waals surface area contributed by atoms with E-state index in [1.807, 2.05) is 45.9 Å². The van der Waals surface area contributed by atoms with E-state index in [-0.39, 0.29) is 0 Å². The van der Waals surface area contributed by atoms with E-state index in [9.17, 15) is 0 Å². The number of anilines is 1. The van der Waals surface area contributed by atoms with Crippen LogP contribution in [-0.4, -0.2) is 24.5 Å². The molecule has 0 aliphatic carbocycles. The molecule has 2 N–H and O–H groups in total. The minimum absolute atomic E-state index is 0.696. The highest BCUT2D eigenvalue weighted by molar-refractivity contribution is 5.39. The van der Waals surface area contributed by atoms with Gasteiger partial charge in [-0.2, -0.15) is 0 Å². The van der Waals surface area contributed by atoms with E-state index in [0.29, 0.717) is 6.54 Å². The molecule has 20 heavy (non-hydrogen) atoms. The average Bonchev–Trinajstić information content (AvgIpc) is 3.11. The Balaban J connectivity index is 1.58. The molecule has 2 heterocycles. The third-order valence-electron chi connectivity index (χ3n) is 3.10. The fourth-order valence-corrected chi connectivity index (χ4v) is 2.02. The summed E-state index contributed by atoms with van der Waals surface area (Å²) >= 11 is 0. The summed E-state index contributed by atoms with van der Waals surface area (Å²) in [4.78, 5) is 4.01. The van der Waals surface area contributed by atoms with Crippen LogP contribution in [0.15, 0.2) is 49.2 Å². The van der Waals surface area contributed by atoms with Crippen LogP contribution in [0, 0.1) is 0 Å². The fourth-order valence-electron chi connectivity index (χ4n) is 2.02. The van der Waals surface area contributed by atoms with Crippen molar-refractivity contribution >= 4 is 5.69 Å². The summed E-state index contributed by atoms with van der Waals surface area (Å²) in [6.45, 7) is 1.50. The molecule has 1 aromatic carbocycles. The van der Waals surface area contributed by atoms with Gasteiger partial charge in [0.2, 0.25) is 0 Å². The van der Waals surface area contributed by atoms with E-state index in [1.165, 1.54) is 5.56 Å². The van der Waals surface area contributed by atoms with E-state index in [0.717, 1.165) is 24.3 Å². The zero-order valence-corrected chi connectivity index (χ0v) is 11.1. The van der Waals surface area contributed by atoms with Gasteiger partial charge in [-0.3, -0.25) is 4.68 Å². The van der Waals surface area contributed by atoms with Crippen LogP contribution in [0.5, 0.6) is 0 Å². The first-order valence-corrected chi connectivity index (χ1v) is 6.49. The number of nitrogen functional groups attached to an aromatic ring is 1. The maximum absolute atomic E-state index is 5.67. The molecule has 0 radical (unpaired) electrons. The number of hydrogen-bond donors (Lipinski definition) is 1. The standard InChI is InChI=1S/C14H16N6/c15-13-3-1-12(2-4-13)5-7-20-10-14(17-18-20)9-19-8-6-16-11-19/h1-4,6,8,10-11H,5,7,9,15H2. The Morgan fingerprint density at radius 3 is 2.75 bits per heavy atom. The lowest BCUT2D eigenvalue weighted by Gasteiger charge is -2.01. The number of nitrogens with two attached hydrogens (primary N) is 1. The molecule has 102 valence electrons. The number of benzene rings is 1. The van der Waals surface area contributed by atoms with Gasteiger partial charge in [0.05, 0.1) is 19.1 Å². The smallest absolute Gasteiger partial charge is 0.102 e. The molecule has 3 aromatic rings. The topological polar surface area (TPSA) is 74.5 Å². The third-order valence-corrected chi connectivity index (χ3v) is 3.10. The van der Waals surface area contributed by atoms with Crippen molar-refractivity contribution in [2.45, 2.75) is 19.5 Å². The van der Waals surface area contributed by atoms with Crippen LogP contribution < -0.4 is 5.73 Å². The summed E-state index contributed by atoms with van der Waals surface area (Å²) in [5.41, 5.74) is 8.63. The van der Waals surface area contributed by atoms with Gasteiger partial charge in [-0.1, -0.05) is 17.3 Å². The summed E-state index contributed by atoms with van der Waals surface area (Å²) in [5, 5.41) is 8.30. The molecule has 0 atom stereocenters. The highest BCUT2D eigenvalue weighted by Gasteiger charge is 2.02. The summed E-state index contributed by atoms with van der Waals surface area (Å²) in [6.07, 6.45) is 8.32. The molecule has 6 nitrogen and oxygen atoms in total. The van der Waals surface area contributed by atoms with Crippen molar-refractivity contribution < 1.29 is 0 Å². The second-order valence-electron chi connectivity index (χ2n) is 4.70. The second kappa shape index (κ2) is 5.56. The maximum atomic E-state index is 5.67. The largest absolute Gasteiger partial charge is 0.399 e. The van der Waals surface area contributed by atoms with Gasteiger partial charge >= 0.3 is 0 Å². The minimum Gasteiger partial charge on any atom is -0.399 e. The summed E-state index contributed by atoms with van der Waals surface area (Å²) < 4.78 is 3.83. The number of aromatic nitrogens is 5. The normalized spacial score (nSPS) is 10.8. The summed E-state index contributed by atoms with van der Waals surface area (Å²) in [5.74, 6) is 0. The Morgan fingerprint density at radius 2 is 2.00 bits per heavy atom. The Labute approximate surface area is 116 Å². The monoisotopic (exact) mass is 268 g/mol. The number of nitrogens with zero attached hydrogens (tertiary/aromatic N) is 5. The predicted molar refractivity (Wildman–Crippen MR) is 75.9 cm³/mol. The molecular formula is C14H16N6. The van der Waals surface area contributed by atoms with Crippen molar-refractivity contribution in [1.29, 1.82) is 0 Å². The number of imidazole rings is 1. The molecule has 0 unspecified atom stereocenters. The van der Waals surface area contributed by atoms with E-state index < -0.39 is 0 Å². The molecule has 0 fully saturated rings. The Morgan fingerprint density at radius 1 is 1.15 bits per heavy atom. The fraction of sp³-hybridized carbons (Fsp3) is 0.214. The van der Waals surface area contributed by atoms with E-state index in [4.69, 9.17) is 5.73 Å². The molecule has 0 saturated carbocycles. The van der Waals surface area contributed by atoms with Crippen molar-refractivity contribution in [3.63, 3.8) is 0 Å². The van der Waals surface area contributed by atoms with Gasteiger partial charge in [0.25, 0.3) is 0 Å². The first-order chi connectivity index (χ1) is 9.79. The Bertz CT molecular complexity index is 653. The van der Waals surface area contributed by atoms with Crippen molar-refractivity contribution in [1.82, 2.24) is 24.5 Å². The number of hydrogen-bond acceptors (Lipinski definition) is 4. The molecule has 2 aromatic heterocycles. The first kappa shape index (κ1) is 12.4. The minimum atomic E-state index is 0.696. The molecule has 0 amide bonds. The molecule has 0 aliphatic rings. The van der Waals surface area contributed by atoms with Gasteiger partial charge in [0.1, 0.15) is 5.69 Å². The zero-order chi connectivity index (χ0) is 13.8. The summed E-state index contributed by atoms with van der Waals surface area (Å²) in [7, 11) is 0. The Kier molecular flexibility index (Phi) is 3.45. The van der Waals surface area contributed by atoms with Gasteiger partial charge < -0.3 is 10.3 Å². The van der Waals surface area contributed by atoms with Crippen LogP contribution in [0.25, 0.3) is 0 Å². The van der Waals surface area contributed by atoms with E-state index in [1.54, 1.807) is 12.5 Å². The lowest BCUT2D eigenvalue weighted by molar-refractivity contribution is 0.589. The molecule has 0 spiro atoms. The number of rotatable bonds is 5. The maximum Gasteiger partial charge on any atom is 0.102 e. The quantitative estimate of drug-likeness (QED) is 0.709. The van der Waals surface area contributed by atoms with Crippen LogP contribution in [0.2, 0.25) is 0 Å². The molecule has 0 bridgehead atoms. The highest BCUT2D eigenvalue weighted by atomic mass is 15.4. The molecule has 6 heteroatoms. The van der Waals surface area contributed by atoms with Crippen molar-refractivity contribution in [2.75, 3.05) is 5.73 Å². The first-order valence-electron chi connectivity index (χ1n) is 6.49. The Hall–Kier alpha value is -2.63. The number of aryl methyl sites for hydroxylation is 2. The second-order valence-corrected chi connectivity index (χ2v) is 4.70. The van der Waals surface area contributed by atoms with Gasteiger partial charge in [0.15, 0.2) is 0 Å². The molecular weight excluding hydrogens is 252 g/mol. The van der Waals surface area contributed by atoms with Gasteiger partial charge in [0, 0.05) is 24.6 Å². The van der Waals surface area contributed by atoms with Crippen LogP contribution >= 0.6 is 0 Å². The van der Waals surface area contributed by atoms with Crippen LogP contribution in [-0.2, 0) is 19.5 Å². The van der Waals surface area contributed by atoms with Crippen LogP contribution in [0.4, 0.5) is 5.69 Å². The van der Waals surface area contributed by atoms with Crippen LogP contribution in [0.3, 0.4) is 0 Å². The SMILES string of the molecule is Nc1ccc(CCn2cc(Cn3ccnc3)nn2)cc1. The van der Waals surface area contributed by atoms with E-state index in [2.05, 4.69) is 15.3 Å². The van der Waals surface area contributed by atoms with Gasteiger partial charge in [-0.15, -0.1) is 5.10 Å². The van der Waals surface area contributed by atoms with Gasteiger partial charge in [-0.25, -0.2) is 4.98 Å². The summed E-state index contributed by atoms with van der Waals surface area (Å²) in [6, 6.07) is 7.92. The van der Waals surface area contributed by atoms with Crippen LogP contribution in [0.1, 0.15) is 11.3 Å². The lowest BCUT2D eigenvalue weighted by Crippen LogP contribution is -2.02. The van der Waals surface area contributed by atoms with Crippen molar-refractivity contribution in [3.05, 3.63) is 60.4 Å². The third kappa shape index (κ3) is 3.03. The molecule has 0 saturated heterocycles. The lowest BCUT2D eigenvalue weighted by atomic mass is 10.1. The van der Waals surface area contributed by atoms with Gasteiger partial charge in [-0.05, 0) is 24.1 Å². The predicted octanol–water partition coefficient (Wildman–Crippen LogP) is 1.35. The van der Waals surface area contributed by atoms with Crippen molar-refractivity contribution in [3.8, 4) is 0 Å².